The van der Waals surface area contributed by atoms with Crippen molar-refractivity contribution in [2.45, 2.75) is 13.3 Å². The van der Waals surface area contributed by atoms with Gasteiger partial charge in [-0.15, -0.1) is 11.3 Å². The van der Waals surface area contributed by atoms with E-state index in [9.17, 15) is 0 Å². The number of benzene rings is 1. The van der Waals surface area contributed by atoms with Gasteiger partial charge in [-0.2, -0.15) is 11.3 Å². The molecule has 0 amide bonds. The number of hydrogen-bond donors (Lipinski definition) is 0. The fourth-order valence-corrected chi connectivity index (χ4v) is 3.67. The van der Waals surface area contributed by atoms with Crippen molar-refractivity contribution in [2.75, 3.05) is 0 Å². The quantitative estimate of drug-likeness (QED) is 0.646. The van der Waals surface area contributed by atoms with Crippen molar-refractivity contribution in [1.82, 2.24) is 4.98 Å². The summed E-state index contributed by atoms with van der Waals surface area (Å²) in [6.45, 7) is 2.19. The van der Waals surface area contributed by atoms with Crippen LogP contribution in [0.2, 0.25) is 0 Å². The number of hydrogen-bond acceptors (Lipinski definition) is 3. The summed E-state index contributed by atoms with van der Waals surface area (Å²) in [6, 6.07) is 8.27. The Morgan fingerprint density at radius 3 is 2.89 bits per heavy atom. The first-order valence-corrected chi connectivity index (χ1v) is 7.71. The topological polar surface area (TPSA) is 12.9 Å². The molecular weight excluding hydrogens is 258 g/mol. The predicted molar refractivity (Wildman–Crippen MR) is 82.2 cm³/mol. The molecule has 0 fully saturated rings. The van der Waals surface area contributed by atoms with Crippen molar-refractivity contribution in [3.63, 3.8) is 0 Å². The first kappa shape index (κ1) is 11.6. The Labute approximate surface area is 114 Å². The van der Waals surface area contributed by atoms with Crippen LogP contribution in [0.3, 0.4) is 0 Å². The van der Waals surface area contributed by atoms with Crippen molar-refractivity contribution in [1.29, 1.82) is 0 Å². The van der Waals surface area contributed by atoms with E-state index in [0.717, 1.165) is 16.9 Å². The Bertz CT molecular complexity index is 658. The molecule has 1 aromatic carbocycles. The van der Waals surface area contributed by atoms with Crippen LogP contribution in [-0.2, 0) is 6.42 Å². The number of para-hydroxylation sites is 1. The van der Waals surface area contributed by atoms with Gasteiger partial charge < -0.3 is 0 Å². The fourth-order valence-electron chi connectivity index (χ4n) is 1.89. The van der Waals surface area contributed by atoms with E-state index in [1.54, 1.807) is 22.7 Å². The molecule has 0 saturated carbocycles. The standard InChI is InChI=1S/C15H13NS2/c1-2-11-9-17-10-12(11)7-8-15-16-13-5-3-4-6-14(13)18-15/h3-10H,2H2,1H3/b8-7+. The van der Waals surface area contributed by atoms with Gasteiger partial charge in [0.2, 0.25) is 0 Å². The highest BCUT2D eigenvalue weighted by Gasteiger charge is 2.01. The average Bonchev–Trinajstić information content (AvgIpc) is 3.01. The van der Waals surface area contributed by atoms with E-state index >= 15 is 0 Å². The van der Waals surface area contributed by atoms with Crippen LogP contribution >= 0.6 is 22.7 Å². The number of aromatic nitrogens is 1. The highest BCUT2D eigenvalue weighted by Crippen LogP contribution is 2.24. The zero-order valence-corrected chi connectivity index (χ0v) is 11.7. The summed E-state index contributed by atoms with van der Waals surface area (Å²) in [6.07, 6.45) is 5.38. The van der Waals surface area contributed by atoms with E-state index in [1.165, 1.54) is 15.8 Å². The van der Waals surface area contributed by atoms with Gasteiger partial charge in [0.05, 0.1) is 10.2 Å². The van der Waals surface area contributed by atoms with Crippen LogP contribution in [0.4, 0.5) is 0 Å². The van der Waals surface area contributed by atoms with Crippen LogP contribution in [0, 0.1) is 0 Å². The van der Waals surface area contributed by atoms with Gasteiger partial charge in [-0.1, -0.05) is 25.1 Å². The van der Waals surface area contributed by atoms with Crippen molar-refractivity contribution in [3.8, 4) is 0 Å². The van der Waals surface area contributed by atoms with Gasteiger partial charge in [0, 0.05) is 0 Å². The summed E-state index contributed by atoms with van der Waals surface area (Å²) in [5.41, 5.74) is 3.82. The summed E-state index contributed by atoms with van der Waals surface area (Å²) in [4.78, 5) is 4.60. The third-order valence-corrected chi connectivity index (χ3v) is 4.69. The molecule has 1 nitrogen and oxygen atoms in total. The minimum atomic E-state index is 1.07. The second-order valence-corrected chi connectivity index (χ2v) is 5.86. The summed E-state index contributed by atoms with van der Waals surface area (Å²) >= 11 is 3.50. The van der Waals surface area contributed by atoms with Gasteiger partial charge in [-0.05, 0) is 46.5 Å². The minimum Gasteiger partial charge on any atom is -0.237 e. The molecule has 0 N–H and O–H groups in total. The molecule has 0 atom stereocenters. The van der Waals surface area contributed by atoms with Crippen LogP contribution in [-0.4, -0.2) is 4.98 Å². The molecule has 0 spiro atoms. The zero-order chi connectivity index (χ0) is 12.4. The third kappa shape index (κ3) is 2.24. The Kier molecular flexibility index (Phi) is 3.26. The molecule has 0 aliphatic carbocycles. The summed E-state index contributed by atoms with van der Waals surface area (Å²) in [5, 5.41) is 5.49. The molecule has 3 aromatic rings. The number of thiazole rings is 1. The van der Waals surface area contributed by atoms with Crippen LogP contribution in [0.15, 0.2) is 35.0 Å². The number of nitrogens with zero attached hydrogens (tertiary/aromatic N) is 1. The molecular formula is C15H13NS2. The summed E-state index contributed by atoms with van der Waals surface area (Å²) in [7, 11) is 0. The van der Waals surface area contributed by atoms with Gasteiger partial charge in [0.25, 0.3) is 0 Å². The molecule has 90 valence electrons. The molecule has 0 aliphatic rings. The highest BCUT2D eigenvalue weighted by atomic mass is 32.1. The normalized spacial score (nSPS) is 11.6. The molecule has 0 unspecified atom stereocenters. The van der Waals surface area contributed by atoms with Gasteiger partial charge in [-0.25, -0.2) is 4.98 Å². The maximum atomic E-state index is 4.60. The van der Waals surface area contributed by atoms with Crippen molar-refractivity contribution >= 4 is 45.0 Å². The number of rotatable bonds is 3. The SMILES string of the molecule is CCc1cscc1/C=C/c1nc2ccccc2s1. The minimum absolute atomic E-state index is 1.07. The zero-order valence-electron chi connectivity index (χ0n) is 10.1. The Morgan fingerprint density at radius 2 is 2.06 bits per heavy atom. The molecule has 18 heavy (non-hydrogen) atoms. The molecule has 3 heteroatoms. The van der Waals surface area contributed by atoms with Crippen molar-refractivity contribution in [3.05, 3.63) is 51.2 Å². The van der Waals surface area contributed by atoms with E-state index in [0.29, 0.717) is 0 Å². The maximum Gasteiger partial charge on any atom is 0.117 e. The van der Waals surface area contributed by atoms with Crippen molar-refractivity contribution < 1.29 is 0 Å². The predicted octanol–water partition coefficient (Wildman–Crippen LogP) is 5.09. The van der Waals surface area contributed by atoms with E-state index in [4.69, 9.17) is 0 Å². The van der Waals surface area contributed by atoms with Gasteiger partial charge in [-0.3, -0.25) is 0 Å². The molecule has 0 radical (unpaired) electrons. The van der Waals surface area contributed by atoms with Gasteiger partial charge >= 0.3 is 0 Å². The van der Waals surface area contributed by atoms with E-state index in [-0.39, 0.29) is 0 Å². The van der Waals surface area contributed by atoms with Crippen LogP contribution in [0.25, 0.3) is 22.4 Å². The summed E-state index contributed by atoms with van der Waals surface area (Å²) in [5.74, 6) is 0. The number of fused-ring (bicyclic) bond motifs is 1. The van der Waals surface area contributed by atoms with E-state index in [1.807, 2.05) is 6.07 Å². The van der Waals surface area contributed by atoms with Crippen LogP contribution in [0.5, 0.6) is 0 Å². The largest absolute Gasteiger partial charge is 0.237 e. The second-order valence-electron chi connectivity index (χ2n) is 4.06. The van der Waals surface area contributed by atoms with Gasteiger partial charge in [0.1, 0.15) is 5.01 Å². The van der Waals surface area contributed by atoms with Crippen LogP contribution in [0.1, 0.15) is 23.1 Å². The molecule has 0 saturated heterocycles. The number of thiophene rings is 1. The molecule has 2 aromatic heterocycles. The lowest BCUT2D eigenvalue weighted by Crippen LogP contribution is -1.77. The van der Waals surface area contributed by atoms with E-state index in [2.05, 4.69) is 53.0 Å². The Morgan fingerprint density at radius 1 is 1.17 bits per heavy atom. The summed E-state index contributed by atoms with van der Waals surface area (Å²) < 4.78 is 1.25. The highest BCUT2D eigenvalue weighted by molar-refractivity contribution is 7.19. The Hall–Kier alpha value is -1.45. The monoisotopic (exact) mass is 271 g/mol. The number of aryl methyl sites for hydroxylation is 1. The Balaban J connectivity index is 1.92. The van der Waals surface area contributed by atoms with Gasteiger partial charge in [0.15, 0.2) is 0 Å². The van der Waals surface area contributed by atoms with E-state index < -0.39 is 0 Å². The lowest BCUT2D eigenvalue weighted by Gasteiger charge is -1.92. The first-order valence-electron chi connectivity index (χ1n) is 5.95. The molecule has 0 aliphatic heterocycles. The first-order chi connectivity index (χ1) is 8.86. The second kappa shape index (κ2) is 5.04. The molecule has 0 bridgehead atoms. The maximum absolute atomic E-state index is 4.60. The molecule has 2 heterocycles. The molecule has 3 rings (SSSR count). The van der Waals surface area contributed by atoms with Crippen molar-refractivity contribution in [2.24, 2.45) is 0 Å². The van der Waals surface area contributed by atoms with Crippen LogP contribution < -0.4 is 0 Å². The average molecular weight is 271 g/mol. The fraction of sp³-hybridized carbons (Fsp3) is 0.133. The lowest BCUT2D eigenvalue weighted by atomic mass is 10.1. The lowest BCUT2D eigenvalue weighted by molar-refractivity contribution is 1.15. The third-order valence-electron chi connectivity index (χ3n) is 2.87. The smallest absolute Gasteiger partial charge is 0.117 e.